The Kier molecular flexibility index (Phi) is 7.37. The van der Waals surface area contributed by atoms with E-state index in [4.69, 9.17) is 15.2 Å². The van der Waals surface area contributed by atoms with Crippen molar-refractivity contribution in [2.75, 3.05) is 26.0 Å². The molecule has 0 bridgehead atoms. The van der Waals surface area contributed by atoms with Gasteiger partial charge in [-0.05, 0) is 31.9 Å². The van der Waals surface area contributed by atoms with E-state index < -0.39 is 5.60 Å². The number of anilines is 1. The van der Waals surface area contributed by atoms with Crippen LogP contribution < -0.4 is 26.2 Å². The molecule has 0 amide bonds. The highest BCUT2D eigenvalue weighted by molar-refractivity contribution is 5.82. The first kappa shape index (κ1) is 23.6. The van der Waals surface area contributed by atoms with Gasteiger partial charge >= 0.3 is 11.7 Å². The molecule has 0 atom stereocenters. The number of aromatic amines is 1. The number of ether oxygens (including phenoxy) is 2. The zero-order valence-electron chi connectivity index (χ0n) is 19.1. The minimum Gasteiger partial charge on any atom is -0.496 e. The first-order valence-electron chi connectivity index (χ1n) is 10.7. The molecule has 0 radical (unpaired) electrons. The number of aliphatic hydroxyl groups is 1. The van der Waals surface area contributed by atoms with Crippen LogP contribution >= 0.6 is 0 Å². The number of methoxy groups -OCH3 is 1. The maximum Gasteiger partial charge on any atom is 0.328 e. The van der Waals surface area contributed by atoms with E-state index >= 15 is 0 Å². The number of rotatable bonds is 11. The molecule has 0 aliphatic rings. The molecule has 0 unspecified atom stereocenters. The summed E-state index contributed by atoms with van der Waals surface area (Å²) < 4.78 is 12.6. The van der Waals surface area contributed by atoms with Crippen molar-refractivity contribution >= 4 is 17.0 Å². The van der Waals surface area contributed by atoms with Gasteiger partial charge in [-0.3, -0.25) is 4.57 Å². The summed E-state index contributed by atoms with van der Waals surface area (Å²) in [6.45, 7) is 7.32. The zero-order chi connectivity index (χ0) is 23.3. The van der Waals surface area contributed by atoms with Crippen LogP contribution in [-0.4, -0.2) is 50.5 Å². The SMILES string of the molecule is CCCCOc1nc(N)c2[nH]c(=O)n(Cc3ccc(CNCC(C)(C)O)cc3OC)c2n1. The van der Waals surface area contributed by atoms with E-state index in [2.05, 4.69) is 27.2 Å². The molecule has 0 fully saturated rings. The summed E-state index contributed by atoms with van der Waals surface area (Å²) in [5, 5.41) is 13.1. The fraction of sp³-hybridized carbons (Fsp3) is 0.500. The molecule has 3 aromatic rings. The number of unbranched alkanes of at least 4 members (excludes halogenated alkanes) is 1. The van der Waals surface area contributed by atoms with Gasteiger partial charge in [0.25, 0.3) is 0 Å². The highest BCUT2D eigenvalue weighted by atomic mass is 16.5. The van der Waals surface area contributed by atoms with Gasteiger partial charge in [0.15, 0.2) is 11.5 Å². The number of aromatic nitrogens is 4. The maximum absolute atomic E-state index is 12.6. The molecule has 0 spiro atoms. The molecule has 0 saturated carbocycles. The van der Waals surface area contributed by atoms with Gasteiger partial charge in [-0.1, -0.05) is 25.5 Å². The van der Waals surface area contributed by atoms with Crippen molar-refractivity contribution in [1.29, 1.82) is 0 Å². The number of H-pyrrole nitrogens is 1. The molecule has 0 saturated heterocycles. The number of fused-ring (bicyclic) bond motifs is 1. The molecular weight excluding hydrogens is 412 g/mol. The number of nitrogens with zero attached hydrogens (tertiary/aromatic N) is 3. The lowest BCUT2D eigenvalue weighted by molar-refractivity contribution is 0.0795. The van der Waals surface area contributed by atoms with E-state index in [0.29, 0.717) is 36.6 Å². The van der Waals surface area contributed by atoms with Gasteiger partial charge in [0.05, 0.1) is 25.9 Å². The van der Waals surface area contributed by atoms with E-state index in [1.54, 1.807) is 21.0 Å². The van der Waals surface area contributed by atoms with Crippen LogP contribution in [-0.2, 0) is 13.1 Å². The molecule has 174 valence electrons. The van der Waals surface area contributed by atoms with Crippen LogP contribution in [0.1, 0.15) is 44.7 Å². The molecule has 2 heterocycles. The number of imidazole rings is 1. The smallest absolute Gasteiger partial charge is 0.328 e. The summed E-state index contributed by atoms with van der Waals surface area (Å²) in [5.41, 5.74) is 7.47. The Morgan fingerprint density at radius 2 is 2.09 bits per heavy atom. The van der Waals surface area contributed by atoms with Crippen molar-refractivity contribution in [1.82, 2.24) is 24.8 Å². The Morgan fingerprint density at radius 1 is 1.31 bits per heavy atom. The van der Waals surface area contributed by atoms with Crippen LogP contribution in [0.25, 0.3) is 11.2 Å². The number of nitrogens with two attached hydrogens (primary N) is 1. The van der Waals surface area contributed by atoms with Crippen molar-refractivity contribution in [3.05, 3.63) is 39.8 Å². The van der Waals surface area contributed by atoms with Crippen molar-refractivity contribution < 1.29 is 14.6 Å². The Morgan fingerprint density at radius 3 is 2.78 bits per heavy atom. The van der Waals surface area contributed by atoms with Crippen LogP contribution in [0.4, 0.5) is 5.82 Å². The zero-order valence-corrected chi connectivity index (χ0v) is 19.1. The Hall–Kier alpha value is -3.11. The minimum absolute atomic E-state index is 0.149. The Labute approximate surface area is 186 Å². The molecule has 10 nitrogen and oxygen atoms in total. The molecule has 0 aliphatic carbocycles. The lowest BCUT2D eigenvalue weighted by Crippen LogP contribution is -2.34. The van der Waals surface area contributed by atoms with E-state index in [0.717, 1.165) is 24.0 Å². The van der Waals surface area contributed by atoms with Gasteiger partial charge in [-0.25, -0.2) is 4.79 Å². The predicted octanol–water partition coefficient (Wildman–Crippen LogP) is 1.80. The monoisotopic (exact) mass is 444 g/mol. The number of benzene rings is 1. The summed E-state index contributed by atoms with van der Waals surface area (Å²) in [6, 6.07) is 5.93. The van der Waals surface area contributed by atoms with Gasteiger partial charge in [0.1, 0.15) is 11.3 Å². The van der Waals surface area contributed by atoms with Crippen LogP contribution in [0.15, 0.2) is 23.0 Å². The summed E-state index contributed by atoms with van der Waals surface area (Å²) in [5.74, 6) is 0.813. The molecular formula is C22H32N6O4. The standard InChI is InChI=1S/C22H32N6O4/c1-5-6-9-32-20-26-18(23)17-19(27-20)28(21(29)25-17)12-15-8-7-14(10-16(15)31-4)11-24-13-22(2,3)30/h7-8,10,24,30H,5-6,9,11-13H2,1-4H3,(H,25,29)(H2,23,26,27). The topological polar surface area (TPSA) is 140 Å². The quantitative estimate of drug-likeness (QED) is 0.328. The van der Waals surface area contributed by atoms with E-state index in [1.165, 1.54) is 4.57 Å². The third-order valence-corrected chi connectivity index (χ3v) is 4.93. The third-order valence-electron chi connectivity index (χ3n) is 4.93. The summed E-state index contributed by atoms with van der Waals surface area (Å²) in [4.78, 5) is 23.9. The fourth-order valence-electron chi connectivity index (χ4n) is 3.26. The molecule has 2 aromatic heterocycles. The van der Waals surface area contributed by atoms with Gasteiger partial charge in [-0.2, -0.15) is 9.97 Å². The summed E-state index contributed by atoms with van der Waals surface area (Å²) >= 11 is 0. The van der Waals surface area contributed by atoms with Crippen molar-refractivity contribution in [3.63, 3.8) is 0 Å². The molecule has 1 aromatic carbocycles. The highest BCUT2D eigenvalue weighted by Crippen LogP contribution is 2.24. The van der Waals surface area contributed by atoms with E-state index in [1.807, 2.05) is 18.2 Å². The summed E-state index contributed by atoms with van der Waals surface area (Å²) in [7, 11) is 1.59. The lowest BCUT2D eigenvalue weighted by Gasteiger charge is -2.18. The number of hydrogen-bond acceptors (Lipinski definition) is 8. The number of hydrogen-bond donors (Lipinski definition) is 4. The van der Waals surface area contributed by atoms with Gasteiger partial charge < -0.3 is 30.6 Å². The first-order valence-corrected chi connectivity index (χ1v) is 10.7. The molecule has 0 aliphatic heterocycles. The molecule has 10 heteroatoms. The second kappa shape index (κ2) is 10.0. The lowest BCUT2D eigenvalue weighted by atomic mass is 10.1. The maximum atomic E-state index is 12.6. The first-order chi connectivity index (χ1) is 15.2. The van der Waals surface area contributed by atoms with Crippen molar-refractivity contribution in [2.45, 2.75) is 52.3 Å². The van der Waals surface area contributed by atoms with E-state index in [-0.39, 0.29) is 24.1 Å². The van der Waals surface area contributed by atoms with Crippen LogP contribution in [0, 0.1) is 0 Å². The van der Waals surface area contributed by atoms with Gasteiger partial charge in [0.2, 0.25) is 0 Å². The number of nitrogens with one attached hydrogen (secondary N) is 2. The molecule has 3 rings (SSSR count). The molecule has 5 N–H and O–H groups in total. The van der Waals surface area contributed by atoms with E-state index in [9.17, 15) is 9.90 Å². The van der Waals surface area contributed by atoms with Crippen molar-refractivity contribution in [2.24, 2.45) is 0 Å². The Bertz CT molecular complexity index is 1120. The largest absolute Gasteiger partial charge is 0.496 e. The van der Waals surface area contributed by atoms with Crippen LogP contribution in [0.2, 0.25) is 0 Å². The predicted molar refractivity (Wildman–Crippen MR) is 123 cm³/mol. The molecule has 32 heavy (non-hydrogen) atoms. The second-order valence-corrected chi connectivity index (χ2v) is 8.37. The fourth-order valence-corrected chi connectivity index (χ4v) is 3.26. The highest BCUT2D eigenvalue weighted by Gasteiger charge is 2.17. The summed E-state index contributed by atoms with van der Waals surface area (Å²) in [6.07, 6.45) is 1.85. The van der Waals surface area contributed by atoms with Gasteiger partial charge in [-0.15, -0.1) is 0 Å². The minimum atomic E-state index is -0.788. The normalized spacial score (nSPS) is 11.8. The Balaban J connectivity index is 1.86. The van der Waals surface area contributed by atoms with Gasteiger partial charge in [0, 0.05) is 18.7 Å². The number of nitrogen functional groups attached to an aromatic ring is 1. The van der Waals surface area contributed by atoms with Crippen molar-refractivity contribution in [3.8, 4) is 11.8 Å². The average Bonchev–Trinajstić information content (AvgIpc) is 3.04. The second-order valence-electron chi connectivity index (χ2n) is 8.37. The third kappa shape index (κ3) is 5.77. The average molecular weight is 445 g/mol. The van der Waals surface area contributed by atoms with Crippen LogP contribution in [0.5, 0.6) is 11.8 Å². The van der Waals surface area contributed by atoms with Crippen LogP contribution in [0.3, 0.4) is 0 Å².